The predicted molar refractivity (Wildman–Crippen MR) is 76.1 cm³/mol. The topological polar surface area (TPSA) is 69.6 Å². The van der Waals surface area contributed by atoms with Crippen LogP contribution < -0.4 is 5.32 Å². The molecule has 0 radical (unpaired) electrons. The first kappa shape index (κ1) is 17.7. The van der Waals surface area contributed by atoms with E-state index in [1.54, 1.807) is 4.90 Å². The van der Waals surface area contributed by atoms with Gasteiger partial charge in [-0.3, -0.25) is 0 Å². The third-order valence-corrected chi connectivity index (χ3v) is 3.20. The quantitative estimate of drug-likeness (QED) is 0.748. The number of amides is 2. The fourth-order valence-electron chi connectivity index (χ4n) is 1.82. The van der Waals surface area contributed by atoms with Crippen LogP contribution >= 0.6 is 0 Å². The van der Waals surface area contributed by atoms with Gasteiger partial charge >= 0.3 is 12.0 Å². The van der Waals surface area contributed by atoms with E-state index in [1.807, 2.05) is 41.5 Å². The zero-order chi connectivity index (χ0) is 15.2. The number of carboxylic acid groups (broad SMARTS) is 1. The summed E-state index contributed by atoms with van der Waals surface area (Å²) in [6.45, 7) is 12.3. The second-order valence-corrected chi connectivity index (χ2v) is 5.79. The summed E-state index contributed by atoms with van der Waals surface area (Å²) in [5, 5.41) is 11.8. The molecule has 0 rings (SSSR count). The average Bonchev–Trinajstić information content (AvgIpc) is 2.30. The number of urea groups is 1. The number of aliphatic carboxylic acids is 1. The Hall–Kier alpha value is -1.26. The normalized spacial score (nSPS) is 14.3. The van der Waals surface area contributed by atoms with E-state index >= 15 is 0 Å². The summed E-state index contributed by atoms with van der Waals surface area (Å²) in [7, 11) is 0. The molecular formula is C14H28N2O3. The molecule has 2 N–H and O–H groups in total. The summed E-state index contributed by atoms with van der Waals surface area (Å²) in [4.78, 5) is 25.1. The van der Waals surface area contributed by atoms with Gasteiger partial charge in [-0.05, 0) is 25.7 Å². The highest BCUT2D eigenvalue weighted by Crippen LogP contribution is 2.10. The number of rotatable bonds is 7. The lowest BCUT2D eigenvalue weighted by atomic mass is 9.99. The Kier molecular flexibility index (Phi) is 7.49. The van der Waals surface area contributed by atoms with Crippen LogP contribution in [0.25, 0.3) is 0 Å². The molecule has 0 aromatic carbocycles. The van der Waals surface area contributed by atoms with Crippen LogP contribution in [0.3, 0.4) is 0 Å². The van der Waals surface area contributed by atoms with Crippen molar-refractivity contribution in [3.63, 3.8) is 0 Å². The molecule has 19 heavy (non-hydrogen) atoms. The molecule has 112 valence electrons. The van der Waals surface area contributed by atoms with E-state index in [-0.39, 0.29) is 18.0 Å². The minimum atomic E-state index is -0.976. The number of carboxylic acids is 1. The fraction of sp³-hybridized carbons (Fsp3) is 0.857. The lowest BCUT2D eigenvalue weighted by Crippen LogP contribution is -2.53. The minimum absolute atomic E-state index is 0.0498. The highest BCUT2D eigenvalue weighted by molar-refractivity contribution is 5.82. The molecule has 0 aliphatic carbocycles. The van der Waals surface area contributed by atoms with Gasteiger partial charge in [0.05, 0.1) is 0 Å². The van der Waals surface area contributed by atoms with Gasteiger partial charge in [-0.1, -0.05) is 34.1 Å². The Morgan fingerprint density at radius 3 is 2.00 bits per heavy atom. The maximum Gasteiger partial charge on any atom is 0.326 e. The van der Waals surface area contributed by atoms with Crippen LogP contribution in [0, 0.1) is 11.8 Å². The lowest BCUT2D eigenvalue weighted by molar-refractivity contribution is -0.140. The van der Waals surface area contributed by atoms with E-state index in [9.17, 15) is 14.7 Å². The van der Waals surface area contributed by atoms with Gasteiger partial charge in [0.15, 0.2) is 0 Å². The van der Waals surface area contributed by atoms with Gasteiger partial charge in [0, 0.05) is 12.6 Å². The standard InChI is InChI=1S/C14H28N2O3/c1-7-11(6)12(13(17)18)15-14(19)16(10(4)5)8-9(2)3/h9-12H,7-8H2,1-6H3,(H,15,19)(H,17,18)/t11?,12-/m0/s1. The first-order valence-corrected chi connectivity index (χ1v) is 7.00. The van der Waals surface area contributed by atoms with Gasteiger partial charge in [-0.15, -0.1) is 0 Å². The molecule has 0 aliphatic rings. The second-order valence-electron chi connectivity index (χ2n) is 5.79. The molecule has 0 heterocycles. The molecule has 0 aromatic heterocycles. The van der Waals surface area contributed by atoms with Crippen LogP contribution in [0.1, 0.15) is 48.0 Å². The van der Waals surface area contributed by atoms with Crippen LogP contribution in [0.5, 0.6) is 0 Å². The SMILES string of the molecule is CCC(C)[C@H](NC(=O)N(CC(C)C)C(C)C)C(=O)O. The van der Waals surface area contributed by atoms with Crippen LogP contribution in [-0.2, 0) is 4.79 Å². The van der Waals surface area contributed by atoms with E-state index < -0.39 is 12.0 Å². The summed E-state index contributed by atoms with van der Waals surface area (Å²) in [6, 6.07) is -1.07. The Morgan fingerprint density at radius 2 is 1.68 bits per heavy atom. The second kappa shape index (κ2) is 8.02. The van der Waals surface area contributed by atoms with Gasteiger partial charge in [0.25, 0.3) is 0 Å². The van der Waals surface area contributed by atoms with E-state index in [4.69, 9.17) is 0 Å². The largest absolute Gasteiger partial charge is 0.480 e. The van der Waals surface area contributed by atoms with Crippen LogP contribution in [0.15, 0.2) is 0 Å². The van der Waals surface area contributed by atoms with Gasteiger partial charge in [-0.2, -0.15) is 0 Å². The monoisotopic (exact) mass is 272 g/mol. The molecule has 1 unspecified atom stereocenters. The van der Waals surface area contributed by atoms with Crippen molar-refractivity contribution in [2.75, 3.05) is 6.54 Å². The van der Waals surface area contributed by atoms with Gasteiger partial charge in [-0.25, -0.2) is 9.59 Å². The smallest absolute Gasteiger partial charge is 0.326 e. The first-order chi connectivity index (χ1) is 8.70. The maximum absolute atomic E-state index is 12.2. The van der Waals surface area contributed by atoms with Crippen molar-refractivity contribution in [3.8, 4) is 0 Å². The van der Waals surface area contributed by atoms with Crippen LogP contribution in [0.2, 0.25) is 0 Å². The van der Waals surface area contributed by atoms with E-state index in [2.05, 4.69) is 5.32 Å². The zero-order valence-corrected chi connectivity index (χ0v) is 12.9. The summed E-state index contributed by atoms with van der Waals surface area (Å²) >= 11 is 0. The Labute approximate surface area is 116 Å². The van der Waals surface area contributed by atoms with E-state index in [1.165, 1.54) is 0 Å². The molecule has 5 nitrogen and oxygen atoms in total. The lowest BCUT2D eigenvalue weighted by Gasteiger charge is -2.31. The molecule has 0 aliphatic heterocycles. The number of carbonyl (C=O) groups excluding carboxylic acids is 1. The zero-order valence-electron chi connectivity index (χ0n) is 12.9. The summed E-state index contributed by atoms with van der Waals surface area (Å²) in [6.07, 6.45) is 0.711. The van der Waals surface area contributed by atoms with Crippen molar-refractivity contribution in [3.05, 3.63) is 0 Å². The highest BCUT2D eigenvalue weighted by Gasteiger charge is 2.28. The molecule has 0 fully saturated rings. The number of hydrogen-bond acceptors (Lipinski definition) is 2. The Morgan fingerprint density at radius 1 is 1.16 bits per heavy atom. The minimum Gasteiger partial charge on any atom is -0.480 e. The van der Waals surface area contributed by atoms with Crippen molar-refractivity contribution in [1.82, 2.24) is 10.2 Å². The van der Waals surface area contributed by atoms with Crippen molar-refractivity contribution < 1.29 is 14.7 Å². The van der Waals surface area contributed by atoms with E-state index in [0.717, 1.165) is 0 Å². The number of nitrogens with one attached hydrogen (secondary N) is 1. The highest BCUT2D eigenvalue weighted by atomic mass is 16.4. The number of carbonyl (C=O) groups is 2. The van der Waals surface area contributed by atoms with Gasteiger partial charge in [0.1, 0.15) is 6.04 Å². The Bertz CT molecular complexity index is 303. The third kappa shape index (κ3) is 5.94. The van der Waals surface area contributed by atoms with Gasteiger partial charge in [0.2, 0.25) is 0 Å². The summed E-state index contributed by atoms with van der Waals surface area (Å²) in [5.41, 5.74) is 0. The average molecular weight is 272 g/mol. The summed E-state index contributed by atoms with van der Waals surface area (Å²) < 4.78 is 0. The van der Waals surface area contributed by atoms with Crippen molar-refractivity contribution in [1.29, 1.82) is 0 Å². The molecular weight excluding hydrogens is 244 g/mol. The summed E-state index contributed by atoms with van der Waals surface area (Å²) in [5.74, 6) is -0.717. The molecule has 0 bridgehead atoms. The van der Waals surface area contributed by atoms with Crippen molar-refractivity contribution in [2.45, 2.75) is 60.0 Å². The molecule has 0 saturated carbocycles. The van der Waals surface area contributed by atoms with Crippen molar-refractivity contribution in [2.24, 2.45) is 11.8 Å². The third-order valence-electron chi connectivity index (χ3n) is 3.20. The molecule has 2 amide bonds. The first-order valence-electron chi connectivity index (χ1n) is 7.00. The molecule has 0 saturated heterocycles. The van der Waals surface area contributed by atoms with E-state index in [0.29, 0.717) is 18.9 Å². The predicted octanol–water partition coefficient (Wildman–Crippen LogP) is 2.56. The number of nitrogens with zero attached hydrogens (tertiary/aromatic N) is 1. The fourth-order valence-corrected chi connectivity index (χ4v) is 1.82. The van der Waals surface area contributed by atoms with Crippen LogP contribution in [-0.4, -0.2) is 40.6 Å². The molecule has 0 aromatic rings. The maximum atomic E-state index is 12.2. The molecule has 2 atom stereocenters. The molecule has 5 heteroatoms. The Balaban J connectivity index is 4.81. The van der Waals surface area contributed by atoms with Gasteiger partial charge < -0.3 is 15.3 Å². The van der Waals surface area contributed by atoms with Crippen LogP contribution in [0.4, 0.5) is 4.79 Å². The number of hydrogen-bond donors (Lipinski definition) is 2. The molecule has 0 spiro atoms. The van der Waals surface area contributed by atoms with Crippen molar-refractivity contribution >= 4 is 12.0 Å².